The Hall–Kier alpha value is -9.84. The van der Waals surface area contributed by atoms with Crippen molar-refractivity contribution in [1.29, 1.82) is 21.0 Å². The van der Waals surface area contributed by atoms with Gasteiger partial charge in [-0.15, -0.1) is 0 Å². The summed E-state index contributed by atoms with van der Waals surface area (Å²) in [6.45, 7) is 0. The first-order valence-corrected chi connectivity index (χ1v) is 22.0. The zero-order chi connectivity index (χ0) is 60.3. The predicted octanol–water partition coefficient (Wildman–Crippen LogP) is 14.0. The molecule has 0 spiro atoms. The second-order valence-corrected chi connectivity index (χ2v) is 17.4. The first-order valence-electron chi connectivity index (χ1n) is 22.0. The Morgan fingerprint density at radius 2 is 0.573 bits per heavy atom. The topological polar surface area (TPSA) is 147 Å². The molecule has 2 unspecified atom stereocenters. The van der Waals surface area contributed by atoms with E-state index in [4.69, 9.17) is 0 Å². The maximum absolute atomic E-state index is 16.6. The SMILES string of the molecule is N#CC1=C(c2ccc(C(F)(F)F)cc2)C(C(c2c(F)c(F)nc(F)c2F)c2c(F)c(F)nc(F)c2F)c2c(C#N)c3c(c(C#N)c21)C(C#N)=C(c1ccc(C(F)(F)F)cc1)C3C(c1c(F)c(F)nc(F)c1F)c1c(F)c(F)nc(F)c1F. The lowest BCUT2D eigenvalue weighted by Gasteiger charge is -2.33. The number of pyridine rings is 4. The Kier molecular flexibility index (Phi) is 13.9. The average Bonchev–Trinajstić information content (AvgIpc) is 1.60. The van der Waals surface area contributed by atoms with Crippen molar-refractivity contribution in [2.45, 2.75) is 36.0 Å². The number of fused-ring (bicyclic) bond motifs is 2. The molecule has 2 atom stereocenters. The average molecular weight is 1170 g/mol. The maximum Gasteiger partial charge on any atom is 0.416 e. The van der Waals surface area contributed by atoms with Crippen LogP contribution in [-0.2, 0) is 12.4 Å². The third-order valence-electron chi connectivity index (χ3n) is 13.4. The summed E-state index contributed by atoms with van der Waals surface area (Å²) in [6, 6.07) is 7.39. The summed E-state index contributed by atoms with van der Waals surface area (Å²) in [5.74, 6) is -59.4. The van der Waals surface area contributed by atoms with Crippen molar-refractivity contribution in [3.63, 3.8) is 0 Å². The number of hydrogen-bond acceptors (Lipinski definition) is 8. The minimum absolute atomic E-state index is 0.155. The van der Waals surface area contributed by atoms with Crippen molar-refractivity contribution in [2.24, 2.45) is 0 Å². The van der Waals surface area contributed by atoms with Crippen LogP contribution in [0.2, 0.25) is 0 Å². The highest BCUT2D eigenvalue weighted by molar-refractivity contribution is 6.13. The molecule has 30 heteroatoms. The molecule has 82 heavy (non-hydrogen) atoms. The lowest BCUT2D eigenvalue weighted by atomic mass is 9.68. The van der Waals surface area contributed by atoms with Gasteiger partial charge in [0, 0.05) is 57.1 Å². The molecular formula is C52H12F22N8. The van der Waals surface area contributed by atoms with E-state index in [1.807, 2.05) is 0 Å². The molecule has 0 bridgehead atoms. The van der Waals surface area contributed by atoms with E-state index < -0.39 is 230 Å². The summed E-state index contributed by atoms with van der Waals surface area (Å²) in [6.07, 6.45) is -10.6. The van der Waals surface area contributed by atoms with Crippen LogP contribution in [0.15, 0.2) is 48.5 Å². The lowest BCUT2D eigenvalue weighted by Crippen LogP contribution is -2.25. The van der Waals surface area contributed by atoms with Gasteiger partial charge < -0.3 is 0 Å². The third-order valence-corrected chi connectivity index (χ3v) is 13.4. The number of benzene rings is 3. The predicted molar refractivity (Wildman–Crippen MR) is 229 cm³/mol. The Morgan fingerprint density at radius 1 is 0.341 bits per heavy atom. The molecule has 7 aromatic rings. The number of allylic oxidation sites excluding steroid dienone is 4. The van der Waals surface area contributed by atoms with Gasteiger partial charge in [0.25, 0.3) is 47.6 Å². The Bertz CT molecular complexity index is 3730. The summed E-state index contributed by atoms with van der Waals surface area (Å²) in [7, 11) is 0. The molecule has 0 aliphatic heterocycles. The van der Waals surface area contributed by atoms with Gasteiger partial charge in [0.2, 0.25) is 0 Å². The minimum Gasteiger partial charge on any atom is -0.201 e. The molecule has 3 aromatic carbocycles. The second kappa shape index (κ2) is 20.1. The Balaban J connectivity index is 1.60. The molecule has 414 valence electrons. The van der Waals surface area contributed by atoms with Crippen molar-refractivity contribution < 1.29 is 96.6 Å². The van der Waals surface area contributed by atoms with Crippen molar-refractivity contribution in [3.05, 3.63) is 221 Å². The monoisotopic (exact) mass is 1170 g/mol. The van der Waals surface area contributed by atoms with Gasteiger partial charge in [-0.2, -0.15) is 102 Å². The molecule has 4 heterocycles. The quantitative estimate of drug-likeness (QED) is 0.108. The molecule has 4 aromatic heterocycles. The van der Waals surface area contributed by atoms with Gasteiger partial charge in [-0.25, -0.2) is 35.1 Å². The molecule has 8 nitrogen and oxygen atoms in total. The standard InChI is InChI=1S/C52H12F22N8/c53-35-31(36(54)44(62)79-43(35)61)29(32-37(55)45(63)80-46(64)38(32)56)27-21(13-1-5-15(6-2-13)51(69,70)71)17(9-75)23-19(11-77)24-18(10-76)22(14-3-7-16(8-4-14)52(72,73)74)28(26(24)20(12-78)25(23)27)30(33-39(57)47(65)81-48(66)40(33)58)34-41(59)49(67)82-50(68)42(34)60/h1-8,27-30H. The number of nitrogens with zero attached hydrogens (tertiary/aromatic N) is 8. The number of halogens is 22. The van der Waals surface area contributed by atoms with E-state index in [0.717, 1.165) is 0 Å². The van der Waals surface area contributed by atoms with Crippen molar-refractivity contribution >= 4 is 22.3 Å². The lowest BCUT2D eigenvalue weighted by molar-refractivity contribution is -0.138. The van der Waals surface area contributed by atoms with Crippen LogP contribution in [0, 0.1) is 139 Å². The van der Waals surface area contributed by atoms with Gasteiger partial charge in [-0.3, -0.25) is 0 Å². The molecule has 0 saturated carbocycles. The summed E-state index contributed by atoms with van der Waals surface area (Å²) in [5.41, 5.74) is -29.5. The van der Waals surface area contributed by atoms with Gasteiger partial charge in [0.15, 0.2) is 46.5 Å². The highest BCUT2D eigenvalue weighted by atomic mass is 19.4. The molecule has 0 fully saturated rings. The van der Waals surface area contributed by atoms with Crippen LogP contribution in [0.1, 0.15) is 102 Å². The first kappa shape index (κ1) is 56.9. The van der Waals surface area contributed by atoms with Crippen LogP contribution in [0.5, 0.6) is 0 Å². The van der Waals surface area contributed by atoms with Crippen LogP contribution in [0.3, 0.4) is 0 Å². The van der Waals surface area contributed by atoms with Crippen LogP contribution in [0.25, 0.3) is 22.3 Å². The number of hydrogen-bond donors (Lipinski definition) is 0. The van der Waals surface area contributed by atoms with Gasteiger partial charge in [-0.05, 0) is 57.7 Å². The number of nitriles is 4. The molecule has 9 rings (SSSR count). The molecular weight excluding hydrogens is 1150 g/mol. The van der Waals surface area contributed by atoms with Gasteiger partial charge in [0.1, 0.15) is 18.2 Å². The van der Waals surface area contributed by atoms with Gasteiger partial charge in [-0.1, -0.05) is 24.3 Å². The molecule has 0 saturated heterocycles. The van der Waals surface area contributed by atoms with E-state index in [2.05, 4.69) is 19.9 Å². The highest BCUT2D eigenvalue weighted by Crippen LogP contribution is 2.65. The third kappa shape index (κ3) is 8.55. The number of alkyl halides is 6. The van der Waals surface area contributed by atoms with Gasteiger partial charge in [0.05, 0.1) is 39.5 Å². The number of rotatable bonds is 8. The summed E-state index contributed by atoms with van der Waals surface area (Å²) in [4.78, 5) is 9.16. The fourth-order valence-corrected chi connectivity index (χ4v) is 10.3. The first-order chi connectivity index (χ1) is 38.5. The molecule has 0 amide bonds. The van der Waals surface area contributed by atoms with E-state index in [1.165, 1.54) is 24.3 Å². The Labute approximate surface area is 440 Å². The van der Waals surface area contributed by atoms with E-state index in [-0.39, 0.29) is 24.3 Å². The van der Waals surface area contributed by atoms with E-state index in [0.29, 0.717) is 24.3 Å². The second-order valence-electron chi connectivity index (χ2n) is 17.4. The maximum atomic E-state index is 16.6. The van der Waals surface area contributed by atoms with Gasteiger partial charge >= 0.3 is 12.4 Å². The number of aromatic nitrogens is 4. The van der Waals surface area contributed by atoms with Crippen molar-refractivity contribution in [3.8, 4) is 24.3 Å². The normalized spacial score (nSPS) is 15.0. The Morgan fingerprint density at radius 3 is 0.768 bits per heavy atom. The molecule has 2 aliphatic carbocycles. The van der Waals surface area contributed by atoms with Crippen LogP contribution in [-0.4, -0.2) is 19.9 Å². The summed E-state index contributed by atoms with van der Waals surface area (Å²) >= 11 is 0. The van der Waals surface area contributed by atoms with Crippen molar-refractivity contribution in [2.75, 3.05) is 0 Å². The summed E-state index contributed by atoms with van der Waals surface area (Å²) in [5, 5.41) is 44.9. The molecule has 0 N–H and O–H groups in total. The fraction of sp³-hybridized carbons (Fsp3) is 0.115. The van der Waals surface area contributed by atoms with Crippen LogP contribution >= 0.6 is 0 Å². The van der Waals surface area contributed by atoms with E-state index in [9.17, 15) is 47.4 Å². The molecule has 2 aliphatic rings. The van der Waals surface area contributed by atoms with Crippen LogP contribution < -0.4 is 0 Å². The zero-order valence-electron chi connectivity index (χ0n) is 38.8. The van der Waals surface area contributed by atoms with Crippen molar-refractivity contribution in [1.82, 2.24) is 19.9 Å². The smallest absolute Gasteiger partial charge is 0.201 e. The fourth-order valence-electron chi connectivity index (χ4n) is 10.3. The molecule has 0 radical (unpaired) electrons. The minimum atomic E-state index is -5.29. The zero-order valence-corrected chi connectivity index (χ0v) is 38.8. The summed E-state index contributed by atoms with van der Waals surface area (Å²) < 4.78 is 341. The largest absolute Gasteiger partial charge is 0.416 e. The van der Waals surface area contributed by atoms with E-state index in [1.54, 1.807) is 0 Å². The van der Waals surface area contributed by atoms with E-state index >= 15 is 70.2 Å². The highest BCUT2D eigenvalue weighted by Gasteiger charge is 2.54. The van der Waals surface area contributed by atoms with Crippen LogP contribution in [0.4, 0.5) is 96.6 Å².